The summed E-state index contributed by atoms with van der Waals surface area (Å²) in [6, 6.07) is 37.9. The highest BCUT2D eigenvalue weighted by atomic mass is 79.9. The first kappa shape index (κ1) is 21.5. The molecule has 0 saturated heterocycles. The van der Waals surface area contributed by atoms with Crippen LogP contribution < -0.4 is 10.6 Å². The van der Waals surface area contributed by atoms with Crippen molar-refractivity contribution in [2.24, 2.45) is 0 Å². The minimum atomic E-state index is -3.25. The van der Waals surface area contributed by atoms with Gasteiger partial charge in [0.15, 0.2) is 12.9 Å². The summed E-state index contributed by atoms with van der Waals surface area (Å²) in [5.74, 6) is -0.0819. The average molecular weight is 489 g/mol. The Morgan fingerprint density at radius 2 is 1.00 bits per heavy atom. The number of Topliss-reactive ketones (excluding diaryl/α,β-unsaturated/α-hetero) is 1. The molecule has 0 radical (unpaired) electrons. The van der Waals surface area contributed by atoms with Crippen molar-refractivity contribution in [2.75, 3.05) is 0 Å². The van der Waals surface area contributed by atoms with Gasteiger partial charge in [-0.15, -0.1) is 0 Å². The standard InChI is InChI=1S/C27H22BrO2P/c28-25(26(29)21-13-5-1-6-14-21)27(22-15-7-2-8-16-22)31(30,23-17-9-3-10-18-23)24-19-11-4-12-20-24/h1-20,25,27H. The maximum Gasteiger partial charge on any atom is 0.177 e. The summed E-state index contributed by atoms with van der Waals surface area (Å²) < 4.78 is 15.1. The summed E-state index contributed by atoms with van der Waals surface area (Å²) in [4.78, 5) is 12.8. The molecule has 0 fully saturated rings. The normalized spacial score (nSPS) is 13.3. The summed E-state index contributed by atoms with van der Waals surface area (Å²) in [5, 5.41) is 1.47. The summed E-state index contributed by atoms with van der Waals surface area (Å²) in [5.41, 5.74) is 0.897. The zero-order chi connectivity index (χ0) is 21.7. The highest BCUT2D eigenvalue weighted by molar-refractivity contribution is 9.10. The lowest BCUT2D eigenvalue weighted by Crippen LogP contribution is -2.30. The van der Waals surface area contributed by atoms with E-state index in [-0.39, 0.29) is 5.78 Å². The van der Waals surface area contributed by atoms with Crippen LogP contribution in [0.3, 0.4) is 0 Å². The van der Waals surface area contributed by atoms with Crippen molar-refractivity contribution in [1.82, 2.24) is 0 Å². The molecule has 2 nitrogen and oxygen atoms in total. The Labute approximate surface area is 191 Å². The maximum absolute atomic E-state index is 15.1. The molecule has 0 spiro atoms. The Morgan fingerprint density at radius 3 is 1.45 bits per heavy atom. The fourth-order valence-corrected chi connectivity index (χ4v) is 8.72. The molecule has 2 unspecified atom stereocenters. The Hall–Kier alpha value is -2.74. The van der Waals surface area contributed by atoms with Crippen molar-refractivity contribution in [3.05, 3.63) is 132 Å². The van der Waals surface area contributed by atoms with E-state index >= 15 is 4.57 Å². The predicted molar refractivity (Wildman–Crippen MR) is 132 cm³/mol. The van der Waals surface area contributed by atoms with Crippen LogP contribution in [0, 0.1) is 0 Å². The van der Waals surface area contributed by atoms with E-state index in [1.54, 1.807) is 12.1 Å². The van der Waals surface area contributed by atoms with E-state index in [2.05, 4.69) is 15.9 Å². The molecule has 2 atom stereocenters. The molecule has 0 aromatic heterocycles. The topological polar surface area (TPSA) is 34.1 Å². The molecule has 0 N–H and O–H groups in total. The largest absolute Gasteiger partial charge is 0.313 e. The number of halogens is 1. The van der Waals surface area contributed by atoms with Crippen LogP contribution >= 0.6 is 23.1 Å². The highest BCUT2D eigenvalue weighted by Crippen LogP contribution is 2.60. The summed E-state index contributed by atoms with van der Waals surface area (Å²) >= 11 is 3.69. The van der Waals surface area contributed by atoms with Crippen molar-refractivity contribution in [2.45, 2.75) is 10.5 Å². The van der Waals surface area contributed by atoms with Crippen LogP contribution in [0.25, 0.3) is 0 Å². The first-order valence-electron chi connectivity index (χ1n) is 10.1. The van der Waals surface area contributed by atoms with Crippen molar-refractivity contribution in [1.29, 1.82) is 0 Å². The molecule has 0 amide bonds. The molecule has 0 aliphatic heterocycles. The molecule has 0 aliphatic carbocycles. The Kier molecular flexibility index (Phi) is 6.65. The van der Waals surface area contributed by atoms with Crippen molar-refractivity contribution in [3.8, 4) is 0 Å². The first-order chi connectivity index (χ1) is 15.1. The van der Waals surface area contributed by atoms with E-state index in [0.717, 1.165) is 16.2 Å². The molecule has 4 aromatic carbocycles. The van der Waals surface area contributed by atoms with E-state index in [0.29, 0.717) is 5.56 Å². The number of alkyl halides is 1. The molecule has 0 saturated carbocycles. The lowest BCUT2D eigenvalue weighted by Gasteiger charge is -2.32. The van der Waals surface area contributed by atoms with E-state index in [9.17, 15) is 4.79 Å². The van der Waals surface area contributed by atoms with E-state index in [1.807, 2.05) is 109 Å². The molecular weight excluding hydrogens is 467 g/mol. The third-order valence-electron chi connectivity index (χ3n) is 5.40. The second-order valence-electron chi connectivity index (χ2n) is 7.32. The number of carbonyl (C=O) groups excluding carboxylic acids is 1. The van der Waals surface area contributed by atoms with E-state index in [4.69, 9.17) is 0 Å². The molecule has 0 aliphatic rings. The summed E-state index contributed by atoms with van der Waals surface area (Å²) in [7, 11) is -3.25. The van der Waals surface area contributed by atoms with Gasteiger partial charge in [0, 0.05) is 16.2 Å². The van der Waals surface area contributed by atoms with E-state index in [1.165, 1.54) is 0 Å². The second kappa shape index (κ2) is 9.60. The fourth-order valence-electron chi connectivity index (χ4n) is 3.89. The van der Waals surface area contributed by atoms with Gasteiger partial charge >= 0.3 is 0 Å². The fraction of sp³-hybridized carbons (Fsp3) is 0.0741. The molecule has 4 rings (SSSR count). The predicted octanol–water partition coefficient (Wildman–Crippen LogP) is 6.39. The van der Waals surface area contributed by atoms with Gasteiger partial charge in [0.2, 0.25) is 0 Å². The van der Waals surface area contributed by atoms with Gasteiger partial charge in [-0.25, -0.2) is 0 Å². The molecule has 0 heterocycles. The maximum atomic E-state index is 15.1. The van der Waals surface area contributed by atoms with Crippen molar-refractivity contribution < 1.29 is 9.36 Å². The van der Waals surface area contributed by atoms with Gasteiger partial charge < -0.3 is 4.57 Å². The SMILES string of the molecule is O=C(c1ccccc1)C(Br)C(c1ccccc1)P(=O)(c1ccccc1)c1ccccc1. The van der Waals surface area contributed by atoms with Crippen LogP contribution in [0.1, 0.15) is 21.6 Å². The van der Waals surface area contributed by atoms with Gasteiger partial charge in [0.05, 0.1) is 10.5 Å². The van der Waals surface area contributed by atoms with Crippen molar-refractivity contribution >= 4 is 39.5 Å². The van der Waals surface area contributed by atoms with Crippen LogP contribution in [0.2, 0.25) is 0 Å². The number of hydrogen-bond donors (Lipinski definition) is 0. The van der Waals surface area contributed by atoms with Crippen LogP contribution in [0.4, 0.5) is 0 Å². The second-order valence-corrected chi connectivity index (χ2v) is 11.2. The van der Waals surface area contributed by atoms with Gasteiger partial charge in [-0.05, 0) is 5.56 Å². The minimum absolute atomic E-state index is 0.0819. The van der Waals surface area contributed by atoms with Gasteiger partial charge in [-0.3, -0.25) is 4.79 Å². The highest BCUT2D eigenvalue weighted by Gasteiger charge is 2.44. The molecule has 31 heavy (non-hydrogen) atoms. The summed E-state index contributed by atoms with van der Waals surface area (Å²) in [6.07, 6.45) is 0. The molecule has 0 bridgehead atoms. The van der Waals surface area contributed by atoms with Gasteiger partial charge in [0.25, 0.3) is 0 Å². The Morgan fingerprint density at radius 1 is 0.613 bits per heavy atom. The van der Waals surface area contributed by atoms with E-state index < -0.39 is 17.6 Å². The molecule has 4 aromatic rings. The average Bonchev–Trinajstić information content (AvgIpc) is 2.85. The van der Waals surface area contributed by atoms with Gasteiger partial charge in [-0.2, -0.15) is 0 Å². The number of hydrogen-bond acceptors (Lipinski definition) is 2. The quantitative estimate of drug-likeness (QED) is 0.171. The lowest BCUT2D eigenvalue weighted by molar-refractivity contribution is 0.0989. The number of rotatable bonds is 7. The van der Waals surface area contributed by atoms with Gasteiger partial charge in [0.1, 0.15) is 0 Å². The number of carbonyl (C=O) groups is 1. The number of benzene rings is 4. The lowest BCUT2D eigenvalue weighted by atomic mass is 10.0. The monoisotopic (exact) mass is 488 g/mol. The zero-order valence-electron chi connectivity index (χ0n) is 16.8. The molecular formula is C27H22BrO2P. The third-order valence-corrected chi connectivity index (χ3v) is 10.3. The van der Waals surface area contributed by atoms with Crippen LogP contribution in [0.5, 0.6) is 0 Å². The van der Waals surface area contributed by atoms with Crippen LogP contribution in [0.15, 0.2) is 121 Å². The third kappa shape index (κ3) is 4.35. The number of ketones is 1. The van der Waals surface area contributed by atoms with Crippen LogP contribution in [-0.4, -0.2) is 10.6 Å². The van der Waals surface area contributed by atoms with Crippen LogP contribution in [-0.2, 0) is 4.57 Å². The van der Waals surface area contributed by atoms with Crippen molar-refractivity contribution in [3.63, 3.8) is 0 Å². The molecule has 154 valence electrons. The smallest absolute Gasteiger partial charge is 0.177 e. The zero-order valence-corrected chi connectivity index (χ0v) is 19.3. The first-order valence-corrected chi connectivity index (χ1v) is 12.8. The minimum Gasteiger partial charge on any atom is -0.313 e. The Bertz CT molecular complexity index is 1140. The van der Waals surface area contributed by atoms with Gasteiger partial charge in [-0.1, -0.05) is 137 Å². The Balaban J connectivity index is 1.94. The molecule has 4 heteroatoms. The summed E-state index contributed by atoms with van der Waals surface area (Å²) in [6.45, 7) is 0.